The molecule has 1 aliphatic heterocycles. The van der Waals surface area contributed by atoms with Gasteiger partial charge in [0, 0.05) is 30.1 Å². The number of nitrogens with one attached hydrogen (secondary N) is 1. The van der Waals surface area contributed by atoms with E-state index in [1.165, 1.54) is 11.8 Å². The number of hydrogen-bond acceptors (Lipinski definition) is 6. The Labute approximate surface area is 202 Å². The van der Waals surface area contributed by atoms with Crippen LogP contribution >= 0.6 is 0 Å². The summed E-state index contributed by atoms with van der Waals surface area (Å²) in [6, 6.07) is 17.5. The maximum Gasteiger partial charge on any atom is 0.300 e. The van der Waals surface area contributed by atoms with Gasteiger partial charge in [0.2, 0.25) is 5.91 Å². The molecule has 4 rings (SSSR count). The van der Waals surface area contributed by atoms with Crippen molar-refractivity contribution >= 4 is 34.7 Å². The molecule has 1 aromatic heterocycles. The molecule has 2 aromatic carbocycles. The Balaban J connectivity index is 1.87. The van der Waals surface area contributed by atoms with E-state index in [1.807, 2.05) is 13.8 Å². The largest absolute Gasteiger partial charge is 0.507 e. The molecule has 0 radical (unpaired) electrons. The van der Waals surface area contributed by atoms with Crippen LogP contribution in [-0.4, -0.2) is 33.8 Å². The summed E-state index contributed by atoms with van der Waals surface area (Å²) in [5.74, 6) is -1.71. The van der Waals surface area contributed by atoms with Gasteiger partial charge in [0.1, 0.15) is 17.6 Å². The van der Waals surface area contributed by atoms with Crippen LogP contribution < -0.4 is 15.0 Å². The van der Waals surface area contributed by atoms with Crippen molar-refractivity contribution in [3.05, 3.63) is 89.8 Å². The Morgan fingerprint density at radius 3 is 2.51 bits per heavy atom. The third kappa shape index (κ3) is 4.91. The molecule has 35 heavy (non-hydrogen) atoms. The van der Waals surface area contributed by atoms with E-state index in [1.54, 1.807) is 72.9 Å². The maximum absolute atomic E-state index is 13.3. The van der Waals surface area contributed by atoms with Crippen molar-refractivity contribution in [1.82, 2.24) is 4.98 Å². The van der Waals surface area contributed by atoms with Crippen LogP contribution in [0.1, 0.15) is 38.1 Å². The first-order valence-corrected chi connectivity index (χ1v) is 11.1. The van der Waals surface area contributed by atoms with Gasteiger partial charge in [-0.2, -0.15) is 0 Å². The normalized spacial score (nSPS) is 17.0. The number of carbonyl (C=O) groups excluding carboxylic acids is 3. The smallest absolute Gasteiger partial charge is 0.300 e. The number of carbonyl (C=O) groups is 3. The molecule has 178 valence electrons. The van der Waals surface area contributed by atoms with E-state index in [0.29, 0.717) is 28.4 Å². The fourth-order valence-electron chi connectivity index (χ4n) is 4.00. The Bertz CT molecular complexity index is 1320. The van der Waals surface area contributed by atoms with Crippen molar-refractivity contribution in [2.75, 3.05) is 10.2 Å². The van der Waals surface area contributed by atoms with Crippen molar-refractivity contribution in [2.45, 2.75) is 32.9 Å². The van der Waals surface area contributed by atoms with Gasteiger partial charge in [-0.15, -0.1) is 0 Å². The van der Waals surface area contributed by atoms with E-state index < -0.39 is 17.7 Å². The molecule has 1 unspecified atom stereocenters. The van der Waals surface area contributed by atoms with Crippen LogP contribution in [0.25, 0.3) is 5.76 Å². The van der Waals surface area contributed by atoms with Crippen molar-refractivity contribution in [3.8, 4) is 5.75 Å². The minimum atomic E-state index is -0.974. The maximum atomic E-state index is 13.3. The number of ketones is 1. The fourth-order valence-corrected chi connectivity index (χ4v) is 4.00. The summed E-state index contributed by atoms with van der Waals surface area (Å²) < 4.78 is 5.72. The van der Waals surface area contributed by atoms with Crippen LogP contribution in [0.4, 0.5) is 11.4 Å². The number of aliphatic hydroxyl groups excluding tert-OH is 1. The van der Waals surface area contributed by atoms with Crippen LogP contribution in [0.3, 0.4) is 0 Å². The summed E-state index contributed by atoms with van der Waals surface area (Å²) in [5, 5.41) is 14.0. The molecule has 1 aliphatic rings. The van der Waals surface area contributed by atoms with Gasteiger partial charge in [0.25, 0.3) is 11.7 Å². The predicted octanol–water partition coefficient (Wildman–Crippen LogP) is 4.45. The van der Waals surface area contributed by atoms with Gasteiger partial charge < -0.3 is 15.2 Å². The second kappa shape index (κ2) is 9.80. The number of anilines is 2. The van der Waals surface area contributed by atoms with Crippen LogP contribution in [0.5, 0.6) is 5.75 Å². The SMILES string of the molecule is CC(=O)Nc1cccc(N2C(=O)C(=O)/C(=C(/O)c3cccc(OC(C)C)c3)C2c2ccccn2)c1. The molecule has 2 heterocycles. The average Bonchev–Trinajstić information content (AvgIpc) is 3.09. The summed E-state index contributed by atoms with van der Waals surface area (Å²) >= 11 is 0. The molecule has 8 heteroatoms. The van der Waals surface area contributed by atoms with Crippen molar-refractivity contribution in [2.24, 2.45) is 0 Å². The monoisotopic (exact) mass is 471 g/mol. The Morgan fingerprint density at radius 2 is 1.83 bits per heavy atom. The van der Waals surface area contributed by atoms with Crippen molar-refractivity contribution in [1.29, 1.82) is 0 Å². The Kier molecular flexibility index (Phi) is 6.64. The molecule has 2 amide bonds. The van der Waals surface area contributed by atoms with Gasteiger partial charge in [-0.25, -0.2) is 0 Å². The molecule has 0 spiro atoms. The number of aromatic nitrogens is 1. The lowest BCUT2D eigenvalue weighted by molar-refractivity contribution is -0.132. The standard InChI is InChI=1S/C27H25N3O5/c1-16(2)35-21-11-6-8-18(14-21)25(32)23-24(22-12-4-5-13-28-22)30(27(34)26(23)33)20-10-7-9-19(15-20)29-17(3)31/h4-16,24,32H,1-3H3,(H,29,31)/b25-23+. The van der Waals surface area contributed by atoms with Gasteiger partial charge in [-0.3, -0.25) is 24.3 Å². The van der Waals surface area contributed by atoms with Gasteiger partial charge in [-0.1, -0.05) is 24.3 Å². The Morgan fingerprint density at radius 1 is 1.06 bits per heavy atom. The minimum Gasteiger partial charge on any atom is -0.507 e. The molecule has 1 fully saturated rings. The number of hydrogen-bond donors (Lipinski definition) is 2. The topological polar surface area (TPSA) is 109 Å². The van der Waals surface area contributed by atoms with E-state index in [9.17, 15) is 19.5 Å². The van der Waals surface area contributed by atoms with Crippen molar-refractivity contribution < 1.29 is 24.2 Å². The van der Waals surface area contributed by atoms with Gasteiger partial charge in [0.15, 0.2) is 0 Å². The molecular weight excluding hydrogens is 446 g/mol. The van der Waals surface area contributed by atoms with Gasteiger partial charge in [0.05, 0.1) is 17.4 Å². The molecule has 3 aromatic rings. The highest BCUT2D eigenvalue weighted by Crippen LogP contribution is 2.42. The quantitative estimate of drug-likeness (QED) is 0.312. The highest BCUT2D eigenvalue weighted by molar-refractivity contribution is 6.51. The third-order valence-corrected chi connectivity index (χ3v) is 5.34. The second-order valence-electron chi connectivity index (χ2n) is 8.35. The van der Waals surface area contributed by atoms with Crippen LogP contribution in [0.15, 0.2) is 78.5 Å². The summed E-state index contributed by atoms with van der Waals surface area (Å²) in [7, 11) is 0. The van der Waals surface area contributed by atoms with Gasteiger partial charge in [-0.05, 0) is 56.3 Å². The van der Waals surface area contributed by atoms with E-state index in [2.05, 4.69) is 10.3 Å². The zero-order valence-corrected chi connectivity index (χ0v) is 19.6. The zero-order valence-electron chi connectivity index (χ0n) is 19.6. The number of aliphatic hydroxyl groups is 1. The van der Waals surface area contributed by atoms with E-state index in [0.717, 1.165) is 0 Å². The first-order valence-electron chi connectivity index (χ1n) is 11.1. The predicted molar refractivity (Wildman–Crippen MR) is 132 cm³/mol. The molecule has 8 nitrogen and oxygen atoms in total. The van der Waals surface area contributed by atoms with Crippen LogP contribution in [-0.2, 0) is 14.4 Å². The molecule has 2 N–H and O–H groups in total. The second-order valence-corrected chi connectivity index (χ2v) is 8.35. The zero-order chi connectivity index (χ0) is 25.1. The summed E-state index contributed by atoms with van der Waals surface area (Å²) in [5.41, 5.74) is 1.52. The summed E-state index contributed by atoms with van der Waals surface area (Å²) in [4.78, 5) is 43.7. The highest BCUT2D eigenvalue weighted by Gasteiger charge is 2.47. The third-order valence-electron chi connectivity index (χ3n) is 5.34. The first-order chi connectivity index (χ1) is 16.8. The molecule has 1 atom stereocenters. The van der Waals surface area contributed by atoms with Crippen LogP contribution in [0, 0.1) is 0 Å². The highest BCUT2D eigenvalue weighted by atomic mass is 16.5. The number of nitrogens with zero attached hydrogens (tertiary/aromatic N) is 2. The number of Topliss-reactive ketones (excluding diaryl/α,β-unsaturated/α-hetero) is 1. The molecule has 0 bridgehead atoms. The number of rotatable bonds is 6. The van der Waals surface area contributed by atoms with E-state index in [-0.39, 0.29) is 23.3 Å². The van der Waals surface area contributed by atoms with Gasteiger partial charge >= 0.3 is 0 Å². The molecule has 0 saturated carbocycles. The first kappa shape index (κ1) is 23.7. The van der Waals surface area contributed by atoms with E-state index >= 15 is 0 Å². The minimum absolute atomic E-state index is 0.0811. The van der Waals surface area contributed by atoms with Crippen LogP contribution in [0.2, 0.25) is 0 Å². The number of amides is 2. The lowest BCUT2D eigenvalue weighted by atomic mass is 9.98. The molecule has 1 saturated heterocycles. The number of pyridine rings is 1. The molecule has 0 aliphatic carbocycles. The summed E-state index contributed by atoms with van der Waals surface area (Å²) in [6.07, 6.45) is 1.47. The molecular formula is C27H25N3O5. The average molecular weight is 472 g/mol. The number of ether oxygens (including phenoxy) is 1. The summed E-state index contributed by atoms with van der Waals surface area (Å²) in [6.45, 7) is 5.15. The lowest BCUT2D eigenvalue weighted by Crippen LogP contribution is -2.30. The Hall–Kier alpha value is -4.46. The fraction of sp³-hybridized carbons (Fsp3) is 0.185. The number of benzene rings is 2. The van der Waals surface area contributed by atoms with E-state index in [4.69, 9.17) is 4.74 Å². The lowest BCUT2D eigenvalue weighted by Gasteiger charge is -2.25. The van der Waals surface area contributed by atoms with Crippen molar-refractivity contribution in [3.63, 3.8) is 0 Å².